The average Bonchev–Trinajstić information content (AvgIpc) is 3.33. The number of thiophene rings is 1. The Morgan fingerprint density at radius 2 is 1.66 bits per heavy atom. The smallest absolute Gasteiger partial charge is 0.120 e. The molecule has 1 saturated carbocycles. The van der Waals surface area contributed by atoms with Crippen molar-refractivity contribution in [2.45, 2.75) is 84.2 Å². The van der Waals surface area contributed by atoms with E-state index in [4.69, 9.17) is 9.47 Å². The fourth-order valence-electron chi connectivity index (χ4n) is 6.36. The van der Waals surface area contributed by atoms with E-state index in [0.717, 1.165) is 43.0 Å². The molecule has 1 aliphatic carbocycles. The Morgan fingerprint density at radius 1 is 0.857 bits per heavy atom. The van der Waals surface area contributed by atoms with Crippen LogP contribution in [0.5, 0.6) is 5.75 Å². The number of aryl methyl sites for hydroxylation is 1. The quantitative estimate of drug-likeness (QED) is 0.297. The third-order valence-corrected chi connectivity index (χ3v) is 9.60. The number of ether oxygens (including phenoxy) is 2. The minimum absolute atomic E-state index is 0.449. The number of fused-ring (bicyclic) bond motifs is 1. The van der Waals surface area contributed by atoms with Gasteiger partial charge < -0.3 is 9.47 Å². The second-order valence-corrected chi connectivity index (χ2v) is 11.9. The SMILES string of the molecule is CCCC1CCC(C2CCC(CCc3ccc(-c4cc5ccc(OCC)cc5s4)cc3)OC2)CC1. The van der Waals surface area contributed by atoms with Crippen LogP contribution in [0, 0.1) is 17.8 Å². The van der Waals surface area contributed by atoms with Crippen LogP contribution in [0.2, 0.25) is 0 Å². The van der Waals surface area contributed by atoms with E-state index in [9.17, 15) is 0 Å². The molecule has 35 heavy (non-hydrogen) atoms. The Hall–Kier alpha value is -1.84. The molecule has 1 saturated heterocycles. The van der Waals surface area contributed by atoms with Crippen LogP contribution < -0.4 is 4.74 Å². The summed E-state index contributed by atoms with van der Waals surface area (Å²) < 4.78 is 13.3. The lowest BCUT2D eigenvalue weighted by Crippen LogP contribution is -2.32. The monoisotopic (exact) mass is 490 g/mol. The van der Waals surface area contributed by atoms with E-state index in [2.05, 4.69) is 55.5 Å². The van der Waals surface area contributed by atoms with Gasteiger partial charge in [0.1, 0.15) is 5.75 Å². The van der Waals surface area contributed by atoms with Gasteiger partial charge in [-0.2, -0.15) is 0 Å². The van der Waals surface area contributed by atoms with Crippen molar-refractivity contribution in [1.82, 2.24) is 0 Å². The molecule has 2 aromatic carbocycles. The van der Waals surface area contributed by atoms with Gasteiger partial charge in [-0.1, -0.05) is 56.9 Å². The number of benzene rings is 2. The van der Waals surface area contributed by atoms with Crippen molar-refractivity contribution < 1.29 is 9.47 Å². The molecule has 1 aliphatic heterocycles. The highest BCUT2D eigenvalue weighted by Crippen LogP contribution is 2.39. The van der Waals surface area contributed by atoms with Gasteiger partial charge in [-0.3, -0.25) is 0 Å². The van der Waals surface area contributed by atoms with Crippen molar-refractivity contribution in [2.75, 3.05) is 13.2 Å². The third kappa shape index (κ3) is 6.30. The van der Waals surface area contributed by atoms with E-state index in [-0.39, 0.29) is 0 Å². The predicted molar refractivity (Wildman–Crippen MR) is 150 cm³/mol. The van der Waals surface area contributed by atoms with Crippen LogP contribution in [-0.4, -0.2) is 19.3 Å². The molecule has 0 radical (unpaired) electrons. The molecule has 0 spiro atoms. The Bertz CT molecular complexity index is 1050. The number of rotatable bonds is 9. The zero-order valence-electron chi connectivity index (χ0n) is 21.6. The van der Waals surface area contributed by atoms with Gasteiger partial charge in [0.25, 0.3) is 0 Å². The molecular weight excluding hydrogens is 448 g/mol. The van der Waals surface area contributed by atoms with Crippen LogP contribution in [0.1, 0.15) is 77.2 Å². The molecule has 3 aromatic rings. The summed E-state index contributed by atoms with van der Waals surface area (Å²) in [6.07, 6.45) is 14.0. The molecule has 188 valence electrons. The second-order valence-electron chi connectivity index (χ2n) is 10.8. The summed E-state index contributed by atoms with van der Waals surface area (Å²) in [7, 11) is 0. The minimum Gasteiger partial charge on any atom is -0.494 e. The highest BCUT2D eigenvalue weighted by molar-refractivity contribution is 7.22. The fourth-order valence-corrected chi connectivity index (χ4v) is 7.45. The number of hydrogen-bond acceptors (Lipinski definition) is 3. The van der Waals surface area contributed by atoms with E-state index in [1.54, 1.807) is 0 Å². The van der Waals surface area contributed by atoms with Crippen LogP contribution in [0.15, 0.2) is 48.5 Å². The van der Waals surface area contributed by atoms with Crippen LogP contribution >= 0.6 is 11.3 Å². The Morgan fingerprint density at radius 3 is 2.37 bits per heavy atom. The van der Waals surface area contributed by atoms with E-state index < -0.39 is 0 Å². The van der Waals surface area contributed by atoms with E-state index >= 15 is 0 Å². The number of hydrogen-bond donors (Lipinski definition) is 0. The van der Waals surface area contributed by atoms with Gasteiger partial charge in [-0.15, -0.1) is 11.3 Å². The largest absolute Gasteiger partial charge is 0.494 e. The van der Waals surface area contributed by atoms with Gasteiger partial charge in [0.15, 0.2) is 0 Å². The third-order valence-electron chi connectivity index (χ3n) is 8.46. The summed E-state index contributed by atoms with van der Waals surface area (Å²) in [5.41, 5.74) is 2.73. The Labute approximate surface area is 216 Å². The fraction of sp³-hybridized carbons (Fsp3) is 0.562. The van der Waals surface area contributed by atoms with Gasteiger partial charge in [-0.25, -0.2) is 0 Å². The molecule has 2 nitrogen and oxygen atoms in total. The lowest BCUT2D eigenvalue weighted by atomic mass is 9.73. The molecule has 2 unspecified atom stereocenters. The summed E-state index contributed by atoms with van der Waals surface area (Å²) in [5.74, 6) is 3.71. The molecule has 0 bridgehead atoms. The topological polar surface area (TPSA) is 18.5 Å². The summed E-state index contributed by atoms with van der Waals surface area (Å²) in [5, 5.41) is 1.29. The Balaban J connectivity index is 1.09. The average molecular weight is 491 g/mol. The summed E-state index contributed by atoms with van der Waals surface area (Å²) in [6, 6.07) is 17.9. The predicted octanol–water partition coefficient (Wildman–Crippen LogP) is 9.30. The van der Waals surface area contributed by atoms with E-state index in [0.29, 0.717) is 12.7 Å². The molecule has 2 heterocycles. The lowest BCUT2D eigenvalue weighted by molar-refractivity contribution is -0.0418. The maximum atomic E-state index is 6.38. The van der Waals surface area contributed by atoms with Crippen molar-refractivity contribution >= 4 is 21.4 Å². The normalized spacial score (nSPS) is 25.1. The summed E-state index contributed by atoms with van der Waals surface area (Å²) >= 11 is 1.85. The molecule has 3 heteroatoms. The van der Waals surface area contributed by atoms with Crippen molar-refractivity contribution in [3.8, 4) is 16.2 Å². The summed E-state index contributed by atoms with van der Waals surface area (Å²) in [6.45, 7) is 6.07. The second kappa shape index (κ2) is 11.9. The first-order chi connectivity index (χ1) is 17.2. The first-order valence-electron chi connectivity index (χ1n) is 14.1. The van der Waals surface area contributed by atoms with Gasteiger partial charge in [0.05, 0.1) is 19.3 Å². The standard InChI is InChI=1S/C32H42O2S/c1-3-5-23-6-11-25(12-7-23)28-16-18-29(34-22-28)17-10-24-8-13-26(14-9-24)31-20-27-15-19-30(33-4-2)21-32(27)35-31/h8-9,13-15,19-21,23,25,28-29H,3-7,10-12,16-18,22H2,1-2H3. The molecule has 0 N–H and O–H groups in total. The zero-order chi connectivity index (χ0) is 24.0. The van der Waals surface area contributed by atoms with Gasteiger partial charge in [0.2, 0.25) is 0 Å². The summed E-state index contributed by atoms with van der Waals surface area (Å²) in [4.78, 5) is 1.32. The molecule has 2 atom stereocenters. The first-order valence-corrected chi connectivity index (χ1v) is 14.9. The maximum absolute atomic E-state index is 6.38. The molecular formula is C32H42O2S. The van der Waals surface area contributed by atoms with Crippen molar-refractivity contribution in [1.29, 1.82) is 0 Å². The highest BCUT2D eigenvalue weighted by Gasteiger charge is 2.31. The van der Waals surface area contributed by atoms with Crippen molar-refractivity contribution in [2.24, 2.45) is 17.8 Å². The van der Waals surface area contributed by atoms with Gasteiger partial charge in [0, 0.05) is 9.58 Å². The molecule has 1 aromatic heterocycles. The zero-order valence-corrected chi connectivity index (χ0v) is 22.5. The Kier molecular flexibility index (Phi) is 8.47. The first kappa shape index (κ1) is 24.8. The molecule has 5 rings (SSSR count). The molecule has 0 amide bonds. The van der Waals surface area contributed by atoms with Crippen LogP contribution in [-0.2, 0) is 11.2 Å². The lowest BCUT2D eigenvalue weighted by Gasteiger charge is -2.38. The van der Waals surface area contributed by atoms with E-state index in [1.165, 1.54) is 77.5 Å². The molecule has 2 fully saturated rings. The minimum atomic E-state index is 0.449. The molecule has 2 aliphatic rings. The van der Waals surface area contributed by atoms with Crippen LogP contribution in [0.3, 0.4) is 0 Å². The van der Waals surface area contributed by atoms with Gasteiger partial charge in [-0.05, 0) is 104 Å². The maximum Gasteiger partial charge on any atom is 0.120 e. The van der Waals surface area contributed by atoms with Gasteiger partial charge >= 0.3 is 0 Å². The highest BCUT2D eigenvalue weighted by atomic mass is 32.1. The van der Waals surface area contributed by atoms with Crippen LogP contribution in [0.4, 0.5) is 0 Å². The van der Waals surface area contributed by atoms with Crippen molar-refractivity contribution in [3.05, 3.63) is 54.1 Å². The van der Waals surface area contributed by atoms with Crippen LogP contribution in [0.25, 0.3) is 20.5 Å². The van der Waals surface area contributed by atoms with E-state index in [1.807, 2.05) is 18.3 Å². The van der Waals surface area contributed by atoms with Crippen molar-refractivity contribution in [3.63, 3.8) is 0 Å².